The lowest BCUT2D eigenvalue weighted by molar-refractivity contribution is 0.504. The number of rotatable bonds is 4. The second-order valence-corrected chi connectivity index (χ2v) is 4.60. The minimum Gasteiger partial charge on any atom is -0.371 e. The molecule has 3 heteroatoms. The van der Waals surface area contributed by atoms with Gasteiger partial charge < -0.3 is 4.90 Å². The highest BCUT2D eigenvalue weighted by atomic mass is 15.1. The number of aromatic nitrogens is 1. The fraction of sp³-hybridized carbons (Fsp3) is 0.538. The van der Waals surface area contributed by atoms with Crippen LogP contribution >= 0.6 is 0 Å². The highest BCUT2D eigenvalue weighted by Gasteiger charge is 2.11. The molecule has 0 fully saturated rings. The van der Waals surface area contributed by atoms with Gasteiger partial charge in [0.05, 0.1) is 11.9 Å². The summed E-state index contributed by atoms with van der Waals surface area (Å²) >= 11 is 0. The predicted molar refractivity (Wildman–Crippen MR) is 66.3 cm³/mol. The molecule has 0 amide bonds. The maximum atomic E-state index is 8.67. The smallest absolute Gasteiger partial charge is 0.140 e. The molecule has 16 heavy (non-hydrogen) atoms. The van der Waals surface area contributed by atoms with Crippen LogP contribution in [0, 0.1) is 17.2 Å². The number of nitrogens with zero attached hydrogens (tertiary/aromatic N) is 3. The van der Waals surface area contributed by atoms with Gasteiger partial charge in [-0.05, 0) is 31.4 Å². The highest BCUT2D eigenvalue weighted by molar-refractivity contribution is 5.45. The van der Waals surface area contributed by atoms with Crippen LogP contribution in [-0.4, -0.2) is 18.1 Å². The zero-order valence-corrected chi connectivity index (χ0v) is 10.4. The Hall–Kier alpha value is -1.56. The third kappa shape index (κ3) is 3.23. The van der Waals surface area contributed by atoms with E-state index in [2.05, 4.69) is 37.7 Å². The third-order valence-corrected chi connectivity index (χ3v) is 2.74. The number of nitriles is 1. The lowest BCUT2D eigenvalue weighted by Gasteiger charge is -2.28. The zero-order chi connectivity index (χ0) is 12.1. The lowest BCUT2D eigenvalue weighted by Crippen LogP contribution is -2.30. The molecule has 0 radical (unpaired) electrons. The van der Waals surface area contributed by atoms with E-state index >= 15 is 0 Å². The SMILES string of the molecule is CC(C)CC(C)N(C)c1ccc(C#N)nc1. The van der Waals surface area contributed by atoms with Gasteiger partial charge in [-0.3, -0.25) is 0 Å². The second-order valence-electron chi connectivity index (χ2n) is 4.60. The molecule has 1 unspecified atom stereocenters. The average Bonchev–Trinajstić information content (AvgIpc) is 2.27. The molecule has 0 aliphatic carbocycles. The molecule has 1 atom stereocenters. The van der Waals surface area contributed by atoms with Gasteiger partial charge in [0.1, 0.15) is 11.8 Å². The van der Waals surface area contributed by atoms with E-state index in [1.165, 1.54) is 0 Å². The molecule has 0 saturated heterocycles. The Labute approximate surface area is 97.7 Å². The van der Waals surface area contributed by atoms with E-state index in [1.54, 1.807) is 12.3 Å². The summed E-state index contributed by atoms with van der Waals surface area (Å²) in [4.78, 5) is 6.28. The van der Waals surface area contributed by atoms with Gasteiger partial charge >= 0.3 is 0 Å². The van der Waals surface area contributed by atoms with Crippen LogP contribution < -0.4 is 4.90 Å². The lowest BCUT2D eigenvalue weighted by atomic mass is 10.0. The first-order valence-electron chi connectivity index (χ1n) is 5.63. The van der Waals surface area contributed by atoms with Gasteiger partial charge in [-0.1, -0.05) is 13.8 Å². The fourth-order valence-corrected chi connectivity index (χ4v) is 1.76. The molecule has 0 N–H and O–H groups in total. The summed E-state index contributed by atoms with van der Waals surface area (Å²) in [6.07, 6.45) is 2.91. The van der Waals surface area contributed by atoms with E-state index in [1.807, 2.05) is 12.1 Å². The number of hydrogen-bond donors (Lipinski definition) is 0. The minimum atomic E-state index is 0.466. The maximum Gasteiger partial charge on any atom is 0.140 e. The monoisotopic (exact) mass is 217 g/mol. The number of pyridine rings is 1. The Bertz CT molecular complexity index is 362. The largest absolute Gasteiger partial charge is 0.371 e. The molecule has 1 rings (SSSR count). The molecule has 86 valence electrons. The van der Waals surface area contributed by atoms with Gasteiger partial charge in [-0.15, -0.1) is 0 Å². The molecule has 0 aliphatic heterocycles. The summed E-state index contributed by atoms with van der Waals surface area (Å²) in [5, 5.41) is 8.67. The normalized spacial score (nSPS) is 12.2. The molecule has 0 aliphatic rings. The van der Waals surface area contributed by atoms with Crippen molar-refractivity contribution in [2.75, 3.05) is 11.9 Å². The van der Waals surface area contributed by atoms with Gasteiger partial charge in [0.15, 0.2) is 0 Å². The van der Waals surface area contributed by atoms with E-state index < -0.39 is 0 Å². The van der Waals surface area contributed by atoms with E-state index in [9.17, 15) is 0 Å². The van der Waals surface area contributed by atoms with Crippen LogP contribution in [0.4, 0.5) is 5.69 Å². The van der Waals surface area contributed by atoms with Crippen molar-refractivity contribution in [3.05, 3.63) is 24.0 Å². The Balaban J connectivity index is 2.72. The molecule has 1 aromatic rings. The molecule has 1 heterocycles. The second kappa shape index (κ2) is 5.50. The van der Waals surface area contributed by atoms with Crippen molar-refractivity contribution in [3.8, 4) is 6.07 Å². The van der Waals surface area contributed by atoms with E-state index in [0.29, 0.717) is 17.7 Å². The van der Waals surface area contributed by atoms with Gasteiger partial charge in [0, 0.05) is 13.1 Å². The summed E-state index contributed by atoms with van der Waals surface area (Å²) in [5.74, 6) is 0.684. The van der Waals surface area contributed by atoms with E-state index in [-0.39, 0.29) is 0 Å². The summed E-state index contributed by atoms with van der Waals surface area (Å²) < 4.78 is 0. The summed E-state index contributed by atoms with van der Waals surface area (Å²) in [6.45, 7) is 6.65. The third-order valence-electron chi connectivity index (χ3n) is 2.74. The Morgan fingerprint density at radius 1 is 1.38 bits per heavy atom. The topological polar surface area (TPSA) is 39.9 Å². The average molecular weight is 217 g/mol. The first-order chi connectivity index (χ1) is 7.54. The highest BCUT2D eigenvalue weighted by Crippen LogP contribution is 2.18. The number of anilines is 1. The van der Waals surface area contributed by atoms with Crippen LogP contribution in [0.1, 0.15) is 32.9 Å². The van der Waals surface area contributed by atoms with Crippen LogP contribution in [0.2, 0.25) is 0 Å². The van der Waals surface area contributed by atoms with Crippen LogP contribution in [0.3, 0.4) is 0 Å². The van der Waals surface area contributed by atoms with Crippen molar-refractivity contribution in [3.63, 3.8) is 0 Å². The van der Waals surface area contributed by atoms with Gasteiger partial charge in [0.2, 0.25) is 0 Å². The predicted octanol–water partition coefficient (Wildman–Crippen LogP) is 2.82. The molecule has 0 saturated carbocycles. The standard InChI is InChI=1S/C13H19N3/c1-10(2)7-11(3)16(4)13-6-5-12(8-14)15-9-13/h5-6,9-11H,7H2,1-4H3. The van der Waals surface area contributed by atoms with Gasteiger partial charge in [-0.2, -0.15) is 5.26 Å². The van der Waals surface area contributed by atoms with Crippen molar-refractivity contribution in [1.82, 2.24) is 4.98 Å². The van der Waals surface area contributed by atoms with Crippen molar-refractivity contribution >= 4 is 5.69 Å². The van der Waals surface area contributed by atoms with Crippen LogP contribution in [0.5, 0.6) is 0 Å². The Morgan fingerprint density at radius 2 is 2.06 bits per heavy atom. The van der Waals surface area contributed by atoms with Crippen LogP contribution in [-0.2, 0) is 0 Å². The van der Waals surface area contributed by atoms with Crippen molar-refractivity contribution < 1.29 is 0 Å². The number of hydrogen-bond acceptors (Lipinski definition) is 3. The Morgan fingerprint density at radius 3 is 2.50 bits per heavy atom. The molecule has 0 aromatic carbocycles. The van der Waals surface area contributed by atoms with Crippen LogP contribution in [0.25, 0.3) is 0 Å². The minimum absolute atomic E-state index is 0.466. The van der Waals surface area contributed by atoms with Crippen LogP contribution in [0.15, 0.2) is 18.3 Å². The Kier molecular flexibility index (Phi) is 4.30. The van der Waals surface area contributed by atoms with Crippen molar-refractivity contribution in [2.24, 2.45) is 5.92 Å². The summed E-state index contributed by atoms with van der Waals surface area (Å²) in [7, 11) is 2.07. The zero-order valence-electron chi connectivity index (χ0n) is 10.4. The molecular weight excluding hydrogens is 198 g/mol. The first kappa shape index (κ1) is 12.5. The summed E-state index contributed by atoms with van der Waals surface area (Å²) in [5.41, 5.74) is 1.53. The molecule has 1 aromatic heterocycles. The van der Waals surface area contributed by atoms with E-state index in [0.717, 1.165) is 12.1 Å². The van der Waals surface area contributed by atoms with Crippen molar-refractivity contribution in [2.45, 2.75) is 33.2 Å². The molecule has 0 spiro atoms. The summed E-state index contributed by atoms with van der Waals surface area (Å²) in [6, 6.07) is 6.21. The van der Waals surface area contributed by atoms with Gasteiger partial charge in [-0.25, -0.2) is 4.98 Å². The quantitative estimate of drug-likeness (QED) is 0.778. The molecular formula is C13H19N3. The van der Waals surface area contributed by atoms with Crippen molar-refractivity contribution in [1.29, 1.82) is 5.26 Å². The molecule has 0 bridgehead atoms. The van der Waals surface area contributed by atoms with Gasteiger partial charge in [0.25, 0.3) is 0 Å². The van der Waals surface area contributed by atoms with E-state index in [4.69, 9.17) is 5.26 Å². The molecule has 3 nitrogen and oxygen atoms in total. The first-order valence-corrected chi connectivity index (χ1v) is 5.63. The fourth-order valence-electron chi connectivity index (χ4n) is 1.76. The maximum absolute atomic E-state index is 8.67.